The van der Waals surface area contributed by atoms with Gasteiger partial charge in [-0.05, 0) is 63.8 Å². The molecule has 3 rings (SSSR count). The van der Waals surface area contributed by atoms with Crippen LogP contribution in [0, 0.1) is 10.1 Å². The third-order valence-electron chi connectivity index (χ3n) is 5.40. The Balaban J connectivity index is 2.06. The van der Waals surface area contributed by atoms with E-state index in [1.807, 2.05) is 25.9 Å². The Morgan fingerprint density at radius 1 is 1.12 bits per heavy atom. The van der Waals surface area contributed by atoms with Gasteiger partial charge in [-0.2, -0.15) is 0 Å². The number of hydrogen-bond donors (Lipinski definition) is 1. The molecule has 1 atom stereocenters. The number of ether oxygens (including phenoxy) is 1. The number of aliphatic hydroxyl groups excluding tert-OH is 1. The average Bonchev–Trinajstić information content (AvgIpc) is 3.04. The Kier molecular flexibility index (Phi) is 7.44. The monoisotopic (exact) mass is 453 g/mol. The Morgan fingerprint density at radius 3 is 2.30 bits per heavy atom. The Bertz CT molecular complexity index is 1060. The molecule has 1 heterocycles. The van der Waals surface area contributed by atoms with Crippen LogP contribution in [0.4, 0.5) is 5.69 Å². The molecular weight excluding hydrogens is 426 g/mol. The number of likely N-dealkylation sites (tertiary alicyclic amines) is 1. The molecule has 1 N–H and O–H groups in total. The van der Waals surface area contributed by atoms with Gasteiger partial charge in [-0.1, -0.05) is 12.1 Å². The molecule has 0 saturated carbocycles. The van der Waals surface area contributed by atoms with E-state index in [2.05, 4.69) is 0 Å². The van der Waals surface area contributed by atoms with E-state index < -0.39 is 22.7 Å². The highest BCUT2D eigenvalue weighted by Crippen LogP contribution is 2.40. The number of aliphatic hydroxyl groups is 1. The van der Waals surface area contributed by atoms with Crippen molar-refractivity contribution in [2.45, 2.75) is 19.4 Å². The van der Waals surface area contributed by atoms with E-state index in [0.717, 1.165) is 6.54 Å². The minimum atomic E-state index is -0.783. The summed E-state index contributed by atoms with van der Waals surface area (Å²) in [6.45, 7) is 3.43. The number of Topliss-reactive ketones (excluding diaryl/α,β-unsaturated/α-hetero) is 1. The number of carbonyl (C=O) groups excluding carboxylic acids is 2. The van der Waals surface area contributed by atoms with E-state index in [-0.39, 0.29) is 22.6 Å². The van der Waals surface area contributed by atoms with Gasteiger partial charge in [0.2, 0.25) is 0 Å². The molecule has 2 aromatic carbocycles. The molecular formula is C24H27N3O6. The number of rotatable bonds is 9. The third-order valence-corrected chi connectivity index (χ3v) is 5.40. The maximum absolute atomic E-state index is 13.0. The van der Waals surface area contributed by atoms with E-state index in [9.17, 15) is 24.8 Å². The molecule has 0 aliphatic carbocycles. The number of amides is 1. The minimum absolute atomic E-state index is 0.0390. The molecule has 0 bridgehead atoms. The molecule has 1 saturated heterocycles. The zero-order valence-electron chi connectivity index (χ0n) is 18.9. The molecule has 9 heteroatoms. The summed E-state index contributed by atoms with van der Waals surface area (Å²) < 4.78 is 5.49. The maximum atomic E-state index is 13.0. The second-order valence-electron chi connectivity index (χ2n) is 7.96. The highest BCUT2D eigenvalue weighted by molar-refractivity contribution is 6.46. The number of nitro groups is 1. The van der Waals surface area contributed by atoms with Crippen molar-refractivity contribution in [3.8, 4) is 5.75 Å². The lowest BCUT2D eigenvalue weighted by atomic mass is 9.95. The maximum Gasteiger partial charge on any atom is 0.295 e. The van der Waals surface area contributed by atoms with Crippen LogP contribution in [0.15, 0.2) is 54.1 Å². The van der Waals surface area contributed by atoms with E-state index >= 15 is 0 Å². The van der Waals surface area contributed by atoms with Gasteiger partial charge in [0, 0.05) is 24.2 Å². The zero-order valence-corrected chi connectivity index (χ0v) is 18.9. The van der Waals surface area contributed by atoms with Crippen LogP contribution in [0.5, 0.6) is 5.75 Å². The topological polar surface area (TPSA) is 113 Å². The first kappa shape index (κ1) is 23.9. The Hall–Kier alpha value is -3.72. The van der Waals surface area contributed by atoms with Gasteiger partial charge in [-0.25, -0.2) is 0 Å². The van der Waals surface area contributed by atoms with Crippen LogP contribution >= 0.6 is 0 Å². The quantitative estimate of drug-likeness (QED) is 0.204. The van der Waals surface area contributed by atoms with Crippen molar-refractivity contribution < 1.29 is 24.4 Å². The molecule has 9 nitrogen and oxygen atoms in total. The largest absolute Gasteiger partial charge is 0.507 e. The van der Waals surface area contributed by atoms with Crippen molar-refractivity contribution in [1.82, 2.24) is 9.80 Å². The number of nitrogens with zero attached hydrogens (tertiary/aromatic N) is 3. The van der Waals surface area contributed by atoms with E-state index in [4.69, 9.17) is 4.74 Å². The van der Waals surface area contributed by atoms with Gasteiger partial charge in [0.15, 0.2) is 0 Å². The number of ketones is 1. The van der Waals surface area contributed by atoms with Crippen molar-refractivity contribution in [2.75, 3.05) is 33.8 Å². The average molecular weight is 453 g/mol. The van der Waals surface area contributed by atoms with Gasteiger partial charge in [-0.15, -0.1) is 0 Å². The van der Waals surface area contributed by atoms with Crippen LogP contribution < -0.4 is 4.74 Å². The lowest BCUT2D eigenvalue weighted by Crippen LogP contribution is -2.32. The van der Waals surface area contributed by atoms with Crippen molar-refractivity contribution in [2.24, 2.45) is 0 Å². The van der Waals surface area contributed by atoms with Crippen LogP contribution in [0.25, 0.3) is 5.76 Å². The van der Waals surface area contributed by atoms with Crippen LogP contribution in [-0.2, 0) is 9.59 Å². The summed E-state index contributed by atoms with van der Waals surface area (Å²) in [6.07, 6.45) is 0.644. The third kappa shape index (κ3) is 5.20. The number of non-ortho nitro benzene ring substituents is 1. The SMILES string of the molecule is CCOc1ccc(C2/C(=C(/O)c3ccc([N+](=O)[O-])cc3)C(=O)C(=O)N2CCCN(C)C)cc1. The highest BCUT2D eigenvalue weighted by Gasteiger charge is 2.45. The second kappa shape index (κ2) is 10.3. The van der Waals surface area contributed by atoms with E-state index in [1.54, 1.807) is 24.3 Å². The molecule has 174 valence electrons. The van der Waals surface area contributed by atoms with Gasteiger partial charge < -0.3 is 19.6 Å². The molecule has 1 aliphatic heterocycles. The predicted molar refractivity (Wildman–Crippen MR) is 123 cm³/mol. The summed E-state index contributed by atoms with van der Waals surface area (Å²) in [5.41, 5.74) is 0.704. The Morgan fingerprint density at radius 2 is 1.76 bits per heavy atom. The van der Waals surface area contributed by atoms with Crippen molar-refractivity contribution in [3.63, 3.8) is 0 Å². The lowest BCUT2D eigenvalue weighted by Gasteiger charge is -2.26. The van der Waals surface area contributed by atoms with Crippen LogP contribution in [-0.4, -0.2) is 65.3 Å². The summed E-state index contributed by atoms with van der Waals surface area (Å²) in [4.78, 5) is 39.8. The number of hydrogen-bond acceptors (Lipinski definition) is 7. The smallest absolute Gasteiger partial charge is 0.295 e. The van der Waals surface area contributed by atoms with Crippen LogP contribution in [0.3, 0.4) is 0 Å². The van der Waals surface area contributed by atoms with Gasteiger partial charge in [0.1, 0.15) is 11.5 Å². The van der Waals surface area contributed by atoms with Crippen molar-refractivity contribution in [3.05, 3.63) is 75.3 Å². The molecule has 0 aromatic heterocycles. The lowest BCUT2D eigenvalue weighted by molar-refractivity contribution is -0.384. The van der Waals surface area contributed by atoms with Crippen molar-refractivity contribution >= 4 is 23.1 Å². The molecule has 0 spiro atoms. The molecule has 1 amide bonds. The molecule has 1 aliphatic rings. The fourth-order valence-electron chi connectivity index (χ4n) is 3.82. The van der Waals surface area contributed by atoms with E-state index in [1.165, 1.54) is 29.2 Å². The minimum Gasteiger partial charge on any atom is -0.507 e. The number of carbonyl (C=O) groups is 2. The molecule has 2 aromatic rings. The normalized spacial score (nSPS) is 17.6. The predicted octanol–water partition coefficient (Wildman–Crippen LogP) is 3.37. The summed E-state index contributed by atoms with van der Waals surface area (Å²) in [5, 5.41) is 22.0. The molecule has 33 heavy (non-hydrogen) atoms. The first-order valence-corrected chi connectivity index (χ1v) is 10.6. The fraction of sp³-hybridized carbons (Fsp3) is 0.333. The number of benzene rings is 2. The molecule has 1 fully saturated rings. The fourth-order valence-corrected chi connectivity index (χ4v) is 3.82. The summed E-state index contributed by atoms with van der Waals surface area (Å²) in [5.74, 6) is -1.18. The summed E-state index contributed by atoms with van der Waals surface area (Å²) in [6, 6.07) is 11.5. The van der Waals surface area contributed by atoms with Gasteiger partial charge in [0.25, 0.3) is 17.4 Å². The van der Waals surface area contributed by atoms with Crippen LogP contribution in [0.2, 0.25) is 0 Å². The first-order chi connectivity index (χ1) is 15.7. The van der Waals surface area contributed by atoms with Gasteiger partial charge >= 0.3 is 0 Å². The van der Waals surface area contributed by atoms with Crippen LogP contribution in [0.1, 0.15) is 30.5 Å². The first-order valence-electron chi connectivity index (χ1n) is 10.6. The Labute approximate surface area is 192 Å². The van der Waals surface area contributed by atoms with E-state index in [0.29, 0.717) is 30.9 Å². The second-order valence-corrected chi connectivity index (χ2v) is 7.96. The van der Waals surface area contributed by atoms with Gasteiger partial charge in [0.05, 0.1) is 23.1 Å². The molecule has 1 unspecified atom stereocenters. The summed E-state index contributed by atoms with van der Waals surface area (Å²) >= 11 is 0. The molecule has 0 radical (unpaired) electrons. The van der Waals surface area contributed by atoms with Crippen molar-refractivity contribution in [1.29, 1.82) is 0 Å². The number of nitro benzene ring substituents is 1. The summed E-state index contributed by atoms with van der Waals surface area (Å²) in [7, 11) is 3.85. The van der Waals surface area contributed by atoms with Gasteiger partial charge in [-0.3, -0.25) is 19.7 Å². The highest BCUT2D eigenvalue weighted by atomic mass is 16.6. The standard InChI is InChI=1S/C24H27N3O6/c1-4-33-19-12-8-16(9-13-19)21-20(22(28)17-6-10-18(11-7-17)27(31)32)23(29)24(30)26(21)15-5-14-25(2)3/h6-13,21,28H,4-5,14-15H2,1-3H3/b22-20-. The zero-order chi connectivity index (χ0) is 24.1.